The Morgan fingerprint density at radius 2 is 0.720 bits per heavy atom. The van der Waals surface area contributed by atoms with Crippen LogP contribution in [0.4, 0.5) is 65.9 Å². The molecule has 17 heteroatoms. The van der Waals surface area contributed by atoms with Crippen molar-refractivity contribution in [3.63, 3.8) is 0 Å². The molecule has 0 bridgehead atoms. The molecule has 0 N–H and O–H groups in total. The standard InChI is InChI=1S/C8H5F15OSi/c1-24-2-25(6(18,19)3(9,10)11,7(20,21)4(12,13)14)8(22,23)5(15,16)17/h2H2,1H3. The summed E-state index contributed by atoms with van der Waals surface area (Å²) in [6.07, 6.45) is -26.2. The molecule has 0 amide bonds. The predicted molar refractivity (Wildman–Crippen MR) is 50.6 cm³/mol. The van der Waals surface area contributed by atoms with Crippen molar-refractivity contribution in [2.24, 2.45) is 0 Å². The first-order valence-electron chi connectivity index (χ1n) is 5.39. The van der Waals surface area contributed by atoms with Crippen molar-refractivity contribution < 1.29 is 70.6 Å². The summed E-state index contributed by atoms with van der Waals surface area (Å²) in [6.45, 7) is 0. The third-order valence-electron chi connectivity index (χ3n) is 3.04. The van der Waals surface area contributed by atoms with Crippen molar-refractivity contribution in [2.75, 3.05) is 13.3 Å². The third-order valence-corrected chi connectivity index (χ3v) is 7.83. The first-order valence-corrected chi connectivity index (χ1v) is 7.59. The molecule has 152 valence electrons. The quantitative estimate of drug-likeness (QED) is 0.449. The Balaban J connectivity index is 7.33. The lowest BCUT2D eigenvalue weighted by Crippen LogP contribution is -2.86. The number of methoxy groups -OCH3 is 1. The fraction of sp³-hybridized carbons (Fsp3) is 1.00. The molecule has 0 aliphatic rings. The van der Waals surface area contributed by atoms with Gasteiger partial charge in [-0.15, -0.1) is 0 Å². The molecule has 1 nitrogen and oxygen atoms in total. The lowest BCUT2D eigenvalue weighted by atomic mass is 10.6. The molecule has 0 rings (SSSR count). The van der Waals surface area contributed by atoms with Crippen LogP contribution in [0.3, 0.4) is 0 Å². The maximum Gasteiger partial charge on any atom is 0.449 e. The fourth-order valence-electron chi connectivity index (χ4n) is 1.81. The number of rotatable bonds is 5. The molecular formula is C8H5F15OSi. The van der Waals surface area contributed by atoms with Gasteiger partial charge < -0.3 is 4.74 Å². The molecule has 0 aromatic rings. The van der Waals surface area contributed by atoms with Gasteiger partial charge in [-0.2, -0.15) is 39.5 Å². The summed E-state index contributed by atoms with van der Waals surface area (Å²) >= 11 is 0. The first kappa shape index (κ1) is 24.1. The van der Waals surface area contributed by atoms with Crippen LogP contribution in [0, 0.1) is 0 Å². The van der Waals surface area contributed by atoms with E-state index in [1.807, 2.05) is 0 Å². The van der Waals surface area contributed by atoms with Crippen LogP contribution < -0.4 is 0 Å². The van der Waals surface area contributed by atoms with Crippen LogP contribution in [0.5, 0.6) is 0 Å². The van der Waals surface area contributed by atoms with E-state index in [2.05, 4.69) is 4.74 Å². The van der Waals surface area contributed by atoms with Gasteiger partial charge in [0, 0.05) is 7.11 Å². The van der Waals surface area contributed by atoms with Gasteiger partial charge in [-0.25, -0.2) is 26.3 Å². The summed E-state index contributed by atoms with van der Waals surface area (Å²) in [7, 11) is -9.67. The SMILES string of the molecule is COC[Si](C(F)(F)C(F)(F)F)(C(F)(F)C(F)(F)F)C(F)(F)C(F)(F)F. The Hall–Kier alpha value is -0.873. The monoisotopic (exact) mass is 430 g/mol. The second kappa shape index (κ2) is 6.09. The molecule has 0 aliphatic carbocycles. The van der Waals surface area contributed by atoms with E-state index in [1.54, 1.807) is 0 Å². The summed E-state index contributed by atoms with van der Waals surface area (Å²) < 4.78 is 194. The topological polar surface area (TPSA) is 9.23 Å². The Morgan fingerprint density at radius 1 is 0.520 bits per heavy atom. The number of ether oxygens (including phenoxy) is 1. The van der Waals surface area contributed by atoms with Crippen molar-refractivity contribution in [1.29, 1.82) is 0 Å². The van der Waals surface area contributed by atoms with E-state index >= 15 is 0 Å². The molecule has 0 saturated carbocycles. The van der Waals surface area contributed by atoms with Crippen molar-refractivity contribution in [2.45, 2.75) is 35.2 Å². The average molecular weight is 430 g/mol. The highest BCUT2D eigenvalue weighted by atomic mass is 28.3. The molecule has 25 heavy (non-hydrogen) atoms. The summed E-state index contributed by atoms with van der Waals surface area (Å²) in [4.78, 5) is 0. The highest BCUT2D eigenvalue weighted by Crippen LogP contribution is 2.61. The van der Waals surface area contributed by atoms with Gasteiger partial charge in [0.05, 0.1) is 6.23 Å². The Morgan fingerprint density at radius 3 is 0.840 bits per heavy atom. The molecule has 0 aromatic carbocycles. The molecule has 0 saturated heterocycles. The average Bonchev–Trinajstić information content (AvgIpc) is 2.30. The number of alkyl halides is 15. The van der Waals surface area contributed by atoms with E-state index in [0.29, 0.717) is 0 Å². The van der Waals surface area contributed by atoms with Gasteiger partial charge in [-0.3, -0.25) is 0 Å². The van der Waals surface area contributed by atoms with E-state index in [9.17, 15) is 65.9 Å². The molecule has 0 unspecified atom stereocenters. The van der Waals surface area contributed by atoms with Crippen molar-refractivity contribution in [1.82, 2.24) is 0 Å². The predicted octanol–water partition coefficient (Wildman–Crippen LogP) is 4.83. The minimum absolute atomic E-state index is 0.187. The number of hydrogen-bond acceptors (Lipinski definition) is 1. The van der Waals surface area contributed by atoms with Gasteiger partial charge in [0.1, 0.15) is 0 Å². The van der Waals surface area contributed by atoms with Crippen LogP contribution in [0.15, 0.2) is 0 Å². The molecule has 0 aromatic heterocycles. The lowest BCUT2D eigenvalue weighted by molar-refractivity contribution is -0.306. The smallest absolute Gasteiger partial charge is 0.387 e. The van der Waals surface area contributed by atoms with E-state index in [-0.39, 0.29) is 7.11 Å². The Bertz CT molecular complexity index is 407. The van der Waals surface area contributed by atoms with Crippen LogP contribution >= 0.6 is 0 Å². The minimum atomic E-state index is -9.48. The first-order chi connectivity index (χ1) is 10.6. The van der Waals surface area contributed by atoms with Crippen LogP contribution in [-0.4, -0.2) is 56.6 Å². The van der Waals surface area contributed by atoms with Crippen LogP contribution in [0.1, 0.15) is 0 Å². The molecule has 0 atom stereocenters. The normalized spacial score (nSPS) is 16.3. The fourth-order valence-corrected chi connectivity index (χ4v) is 5.42. The second-order valence-electron chi connectivity index (χ2n) is 4.55. The molecular weight excluding hydrogens is 425 g/mol. The van der Waals surface area contributed by atoms with Crippen molar-refractivity contribution in [3.05, 3.63) is 0 Å². The molecule has 0 spiro atoms. The van der Waals surface area contributed by atoms with Gasteiger partial charge >= 0.3 is 43.2 Å². The van der Waals surface area contributed by atoms with Crippen molar-refractivity contribution >= 4 is 8.07 Å². The van der Waals surface area contributed by atoms with Gasteiger partial charge in [0.15, 0.2) is 0 Å². The summed E-state index contributed by atoms with van der Waals surface area (Å²) in [5, 5.41) is 0. The zero-order valence-corrected chi connectivity index (χ0v) is 12.3. The van der Waals surface area contributed by atoms with Gasteiger partial charge in [-0.05, 0) is 0 Å². The molecule has 0 fully saturated rings. The Labute approximate surface area is 128 Å². The maximum atomic E-state index is 13.4. The molecule has 0 radical (unpaired) electrons. The second-order valence-corrected chi connectivity index (χ2v) is 8.54. The highest BCUT2D eigenvalue weighted by molar-refractivity contribution is 6.87. The van der Waals surface area contributed by atoms with Crippen LogP contribution in [0.2, 0.25) is 0 Å². The van der Waals surface area contributed by atoms with E-state index in [1.165, 1.54) is 0 Å². The highest BCUT2D eigenvalue weighted by Gasteiger charge is 2.98. The summed E-state index contributed by atoms with van der Waals surface area (Å²) in [5.74, 6) is 0. The van der Waals surface area contributed by atoms with Crippen molar-refractivity contribution in [3.8, 4) is 0 Å². The van der Waals surface area contributed by atoms with E-state index in [4.69, 9.17) is 0 Å². The Kier molecular flexibility index (Phi) is 5.88. The lowest BCUT2D eigenvalue weighted by Gasteiger charge is -2.46. The van der Waals surface area contributed by atoms with Gasteiger partial charge in [0.2, 0.25) is 0 Å². The largest absolute Gasteiger partial charge is 0.449 e. The minimum Gasteiger partial charge on any atom is -0.387 e. The zero-order chi connectivity index (χ0) is 20.9. The van der Waals surface area contributed by atoms with Gasteiger partial charge in [0.25, 0.3) is 0 Å². The van der Waals surface area contributed by atoms with Crippen LogP contribution in [0.25, 0.3) is 0 Å². The third kappa shape index (κ3) is 3.16. The molecule has 0 heterocycles. The summed E-state index contributed by atoms with van der Waals surface area (Å²) in [5.41, 5.74) is -23.2. The number of hydrogen-bond donors (Lipinski definition) is 0. The summed E-state index contributed by atoms with van der Waals surface area (Å²) in [6, 6.07) is 0. The number of halogens is 15. The molecule has 0 aliphatic heterocycles. The van der Waals surface area contributed by atoms with Gasteiger partial charge in [-0.1, -0.05) is 0 Å². The maximum absolute atomic E-state index is 13.4. The van der Waals surface area contributed by atoms with Crippen LogP contribution in [-0.2, 0) is 4.74 Å². The van der Waals surface area contributed by atoms with E-state index < -0.39 is 49.5 Å². The zero-order valence-electron chi connectivity index (χ0n) is 11.3. The van der Waals surface area contributed by atoms with E-state index in [0.717, 1.165) is 0 Å².